The van der Waals surface area contributed by atoms with E-state index in [1.807, 2.05) is 20.0 Å². The molecule has 0 radical (unpaired) electrons. The fraction of sp³-hybridized carbons (Fsp3) is 0.250. The van der Waals surface area contributed by atoms with E-state index >= 15 is 0 Å². The molecular weight excluding hydrogens is 124 g/mol. The highest BCUT2D eigenvalue weighted by Gasteiger charge is 1.96. The van der Waals surface area contributed by atoms with Gasteiger partial charge >= 0.3 is 0 Å². The van der Waals surface area contributed by atoms with Gasteiger partial charge in [0.2, 0.25) is 0 Å². The van der Waals surface area contributed by atoms with Crippen molar-refractivity contribution in [3.63, 3.8) is 0 Å². The number of aliphatic imine (C=N–C) groups is 1. The Hall–Kier alpha value is -1.18. The molecule has 10 heavy (non-hydrogen) atoms. The molecule has 1 rings (SSSR count). The smallest absolute Gasteiger partial charge is 0.0837 e. The summed E-state index contributed by atoms with van der Waals surface area (Å²) < 4.78 is 0. The lowest BCUT2D eigenvalue weighted by molar-refractivity contribution is 1.20. The molecule has 0 aromatic carbocycles. The molecule has 0 aliphatic carbocycles. The Labute approximate surface area is 60.6 Å². The first-order valence-electron chi connectivity index (χ1n) is 3.13. The van der Waals surface area contributed by atoms with E-state index in [1.54, 1.807) is 6.20 Å². The van der Waals surface area contributed by atoms with E-state index < -0.39 is 0 Å². The molecule has 0 unspecified atom stereocenters. The van der Waals surface area contributed by atoms with Gasteiger partial charge in [0.15, 0.2) is 0 Å². The highest BCUT2D eigenvalue weighted by Crippen LogP contribution is 2.17. The highest BCUT2D eigenvalue weighted by atomic mass is 14.7. The van der Waals surface area contributed by atoms with Crippen LogP contribution in [0.25, 0.3) is 0 Å². The van der Waals surface area contributed by atoms with Gasteiger partial charge in [-0.3, -0.25) is 9.98 Å². The molecule has 2 nitrogen and oxygen atoms in total. The second kappa shape index (κ2) is 2.60. The summed E-state index contributed by atoms with van der Waals surface area (Å²) in [5.41, 5.74) is 3.19. The van der Waals surface area contributed by atoms with Crippen LogP contribution in [-0.2, 0) is 0 Å². The number of aryl methyl sites for hydroxylation is 1. The van der Waals surface area contributed by atoms with Crippen molar-refractivity contribution in [2.75, 3.05) is 0 Å². The third-order valence-corrected chi connectivity index (χ3v) is 1.61. The monoisotopic (exact) mass is 134 g/mol. The summed E-state index contributed by atoms with van der Waals surface area (Å²) >= 11 is 0. The van der Waals surface area contributed by atoms with E-state index in [4.69, 9.17) is 0 Å². The molecule has 1 aromatic heterocycles. The summed E-state index contributed by atoms with van der Waals surface area (Å²) in [5, 5.41) is 0. The average molecular weight is 134 g/mol. The Bertz CT molecular complexity index is 253. The summed E-state index contributed by atoms with van der Waals surface area (Å²) in [7, 11) is 0. The summed E-state index contributed by atoms with van der Waals surface area (Å²) in [6.07, 6.45) is 3.54. The van der Waals surface area contributed by atoms with Gasteiger partial charge < -0.3 is 0 Å². The van der Waals surface area contributed by atoms with Crippen LogP contribution < -0.4 is 0 Å². The maximum Gasteiger partial charge on any atom is 0.0837 e. The molecule has 0 amide bonds. The number of rotatable bonds is 1. The minimum atomic E-state index is 0.875. The van der Waals surface area contributed by atoms with Crippen LogP contribution in [0.1, 0.15) is 11.1 Å². The van der Waals surface area contributed by atoms with Crippen LogP contribution in [0.15, 0.2) is 17.4 Å². The standard InChI is InChI=1S/C8H10N2/c1-6-4-10-5-8(9-3)7(6)2/h4-5H,3H2,1-2H3. The average Bonchev–Trinajstić information content (AvgIpc) is 1.95. The first-order chi connectivity index (χ1) is 4.75. The number of nitrogens with zero attached hydrogens (tertiary/aromatic N) is 2. The zero-order chi connectivity index (χ0) is 7.56. The van der Waals surface area contributed by atoms with E-state index in [0.717, 1.165) is 16.8 Å². The van der Waals surface area contributed by atoms with Gasteiger partial charge in [-0.15, -0.1) is 0 Å². The molecule has 1 heterocycles. The van der Waals surface area contributed by atoms with E-state index in [9.17, 15) is 0 Å². The van der Waals surface area contributed by atoms with Crippen LogP contribution >= 0.6 is 0 Å². The molecule has 52 valence electrons. The summed E-state index contributed by atoms with van der Waals surface area (Å²) in [4.78, 5) is 7.80. The van der Waals surface area contributed by atoms with Crippen molar-refractivity contribution in [1.82, 2.24) is 4.98 Å². The minimum Gasteiger partial charge on any atom is -0.263 e. The predicted molar refractivity (Wildman–Crippen MR) is 42.9 cm³/mol. The molecular formula is C8H10N2. The van der Waals surface area contributed by atoms with Crippen LogP contribution in [0, 0.1) is 13.8 Å². The molecule has 0 saturated carbocycles. The molecule has 2 heteroatoms. The Morgan fingerprint density at radius 1 is 1.40 bits per heavy atom. The third-order valence-electron chi connectivity index (χ3n) is 1.61. The number of pyridine rings is 1. The maximum absolute atomic E-state index is 3.98. The van der Waals surface area contributed by atoms with Crippen LogP contribution in [0.5, 0.6) is 0 Å². The van der Waals surface area contributed by atoms with Gasteiger partial charge in [0, 0.05) is 6.20 Å². The molecule has 0 saturated heterocycles. The maximum atomic E-state index is 3.98. The Kier molecular flexibility index (Phi) is 1.81. The lowest BCUT2D eigenvalue weighted by Crippen LogP contribution is -1.82. The van der Waals surface area contributed by atoms with E-state index in [-0.39, 0.29) is 0 Å². The second-order valence-corrected chi connectivity index (χ2v) is 2.26. The molecule has 0 bridgehead atoms. The quantitative estimate of drug-likeness (QED) is 0.539. The SMILES string of the molecule is C=Nc1cncc(C)c1C. The second-order valence-electron chi connectivity index (χ2n) is 2.26. The Morgan fingerprint density at radius 3 is 2.60 bits per heavy atom. The first-order valence-corrected chi connectivity index (χ1v) is 3.13. The predicted octanol–water partition coefficient (Wildman–Crippen LogP) is 2.03. The number of hydrogen-bond acceptors (Lipinski definition) is 2. The van der Waals surface area contributed by atoms with E-state index in [1.165, 1.54) is 0 Å². The zero-order valence-corrected chi connectivity index (χ0v) is 6.26. The van der Waals surface area contributed by atoms with Gasteiger partial charge in [-0.2, -0.15) is 0 Å². The fourth-order valence-electron chi connectivity index (χ4n) is 0.775. The van der Waals surface area contributed by atoms with E-state index in [2.05, 4.69) is 16.7 Å². The van der Waals surface area contributed by atoms with Crippen molar-refractivity contribution in [3.05, 3.63) is 23.5 Å². The summed E-state index contributed by atoms with van der Waals surface area (Å²) in [6.45, 7) is 7.47. The van der Waals surface area contributed by atoms with Crippen molar-refractivity contribution in [2.45, 2.75) is 13.8 Å². The van der Waals surface area contributed by atoms with Crippen molar-refractivity contribution >= 4 is 12.4 Å². The first kappa shape index (κ1) is 6.93. The lowest BCUT2D eigenvalue weighted by atomic mass is 10.1. The van der Waals surface area contributed by atoms with Gasteiger partial charge in [0.05, 0.1) is 11.9 Å². The highest BCUT2D eigenvalue weighted by molar-refractivity contribution is 5.51. The molecule has 0 N–H and O–H groups in total. The van der Waals surface area contributed by atoms with Crippen molar-refractivity contribution < 1.29 is 0 Å². The molecule has 0 aliphatic rings. The lowest BCUT2D eigenvalue weighted by Gasteiger charge is -2.00. The zero-order valence-electron chi connectivity index (χ0n) is 6.26. The van der Waals surface area contributed by atoms with Gasteiger partial charge in [-0.05, 0) is 31.7 Å². The van der Waals surface area contributed by atoms with Crippen molar-refractivity contribution in [1.29, 1.82) is 0 Å². The fourth-order valence-corrected chi connectivity index (χ4v) is 0.775. The number of hydrogen-bond donors (Lipinski definition) is 0. The Balaban J connectivity index is 3.27. The molecule has 0 atom stereocenters. The molecule has 0 spiro atoms. The third kappa shape index (κ3) is 1.05. The topological polar surface area (TPSA) is 25.2 Å². The summed E-state index contributed by atoms with van der Waals surface area (Å²) in [5.74, 6) is 0. The van der Waals surface area contributed by atoms with Gasteiger partial charge in [0.25, 0.3) is 0 Å². The van der Waals surface area contributed by atoms with Gasteiger partial charge in [0.1, 0.15) is 0 Å². The molecule has 1 aromatic rings. The van der Waals surface area contributed by atoms with Crippen molar-refractivity contribution in [3.8, 4) is 0 Å². The largest absolute Gasteiger partial charge is 0.263 e. The van der Waals surface area contributed by atoms with Crippen LogP contribution in [0.4, 0.5) is 5.69 Å². The minimum absolute atomic E-state index is 0.875. The van der Waals surface area contributed by atoms with Gasteiger partial charge in [-0.25, -0.2) is 0 Å². The van der Waals surface area contributed by atoms with Crippen molar-refractivity contribution in [2.24, 2.45) is 4.99 Å². The van der Waals surface area contributed by atoms with Crippen LogP contribution in [0.2, 0.25) is 0 Å². The number of aromatic nitrogens is 1. The van der Waals surface area contributed by atoms with E-state index in [0.29, 0.717) is 0 Å². The Morgan fingerprint density at radius 2 is 2.10 bits per heavy atom. The van der Waals surface area contributed by atoms with Crippen LogP contribution in [0.3, 0.4) is 0 Å². The normalized spacial score (nSPS) is 9.40. The molecule has 0 fully saturated rings. The van der Waals surface area contributed by atoms with Gasteiger partial charge in [-0.1, -0.05) is 0 Å². The molecule has 0 aliphatic heterocycles. The summed E-state index contributed by atoms with van der Waals surface area (Å²) in [6, 6.07) is 0. The van der Waals surface area contributed by atoms with Crippen LogP contribution in [-0.4, -0.2) is 11.7 Å².